The van der Waals surface area contributed by atoms with Crippen molar-refractivity contribution < 1.29 is 14.7 Å². The molecule has 3 rings (SSSR count). The second-order valence-electron chi connectivity index (χ2n) is 6.79. The molecule has 1 aromatic carbocycles. The molecular weight excluding hydrogens is 332 g/mol. The van der Waals surface area contributed by atoms with Crippen LogP contribution in [0.5, 0.6) is 0 Å². The molecule has 1 aliphatic rings. The third-order valence-corrected chi connectivity index (χ3v) is 4.70. The van der Waals surface area contributed by atoms with Gasteiger partial charge in [0.1, 0.15) is 5.69 Å². The maximum atomic E-state index is 12.7. The largest absolute Gasteiger partial charge is 0.465 e. The second-order valence-corrected chi connectivity index (χ2v) is 6.79. The van der Waals surface area contributed by atoms with Crippen LogP contribution in [0.4, 0.5) is 4.79 Å². The summed E-state index contributed by atoms with van der Waals surface area (Å²) in [6.45, 7) is 2.42. The van der Waals surface area contributed by atoms with Crippen LogP contribution in [0.2, 0.25) is 0 Å². The number of rotatable bonds is 5. The number of benzene rings is 1. The van der Waals surface area contributed by atoms with Crippen molar-refractivity contribution in [2.75, 3.05) is 0 Å². The average Bonchev–Trinajstić information content (AvgIpc) is 2.97. The van der Waals surface area contributed by atoms with E-state index in [0.29, 0.717) is 12.2 Å². The Hall–Kier alpha value is -2.83. The number of carbonyl (C=O) groups excluding carboxylic acids is 1. The summed E-state index contributed by atoms with van der Waals surface area (Å²) in [5.41, 5.74) is 2.45. The van der Waals surface area contributed by atoms with Crippen molar-refractivity contribution >= 4 is 12.0 Å². The van der Waals surface area contributed by atoms with Crippen molar-refractivity contribution in [3.63, 3.8) is 0 Å². The fourth-order valence-corrected chi connectivity index (χ4v) is 3.42. The van der Waals surface area contributed by atoms with Crippen LogP contribution < -0.4 is 10.6 Å². The van der Waals surface area contributed by atoms with Gasteiger partial charge in [-0.2, -0.15) is 5.10 Å². The first-order valence-corrected chi connectivity index (χ1v) is 8.90. The van der Waals surface area contributed by atoms with E-state index in [0.717, 1.165) is 36.9 Å². The topological polar surface area (TPSA) is 96.3 Å². The predicted octanol–water partition coefficient (Wildman–Crippen LogP) is 2.55. The number of aromatic nitrogens is 2. The minimum atomic E-state index is -0.988. The van der Waals surface area contributed by atoms with Crippen molar-refractivity contribution in [3.05, 3.63) is 53.3 Å². The molecule has 2 aromatic rings. The molecule has 7 nitrogen and oxygen atoms in total. The number of carbonyl (C=O) groups is 2. The zero-order chi connectivity index (χ0) is 18.5. The molecule has 1 fully saturated rings. The Morgan fingerprint density at radius 1 is 1.12 bits per heavy atom. The van der Waals surface area contributed by atoms with Crippen LogP contribution in [0.25, 0.3) is 0 Å². The van der Waals surface area contributed by atoms with Crippen LogP contribution >= 0.6 is 0 Å². The Kier molecular flexibility index (Phi) is 5.55. The van der Waals surface area contributed by atoms with Gasteiger partial charge in [0.05, 0.1) is 12.2 Å². The maximum absolute atomic E-state index is 12.7. The molecule has 3 N–H and O–H groups in total. The summed E-state index contributed by atoms with van der Waals surface area (Å²) in [5.74, 6) is -0.129. The first-order chi connectivity index (χ1) is 12.5. The van der Waals surface area contributed by atoms with Gasteiger partial charge in [0.15, 0.2) is 0 Å². The van der Waals surface area contributed by atoms with Gasteiger partial charge >= 0.3 is 6.09 Å². The van der Waals surface area contributed by atoms with Gasteiger partial charge in [-0.05, 0) is 44.2 Å². The van der Waals surface area contributed by atoms with Gasteiger partial charge in [0, 0.05) is 12.1 Å². The number of nitrogens with one attached hydrogen (secondary N) is 2. The van der Waals surface area contributed by atoms with Crippen molar-refractivity contribution in [1.82, 2.24) is 20.4 Å². The van der Waals surface area contributed by atoms with Crippen LogP contribution in [0.3, 0.4) is 0 Å². The summed E-state index contributed by atoms with van der Waals surface area (Å²) in [6.07, 6.45) is 2.02. The summed E-state index contributed by atoms with van der Waals surface area (Å²) in [6, 6.07) is 11.8. The molecule has 0 atom stereocenters. The molecule has 0 radical (unpaired) electrons. The van der Waals surface area contributed by atoms with Gasteiger partial charge in [-0.25, -0.2) is 4.79 Å². The number of carboxylic acid groups (broad SMARTS) is 1. The highest BCUT2D eigenvalue weighted by molar-refractivity contribution is 5.92. The summed E-state index contributed by atoms with van der Waals surface area (Å²) < 4.78 is 1.73. The van der Waals surface area contributed by atoms with Gasteiger partial charge in [0.25, 0.3) is 5.91 Å². The minimum Gasteiger partial charge on any atom is -0.465 e. The molecule has 7 heteroatoms. The third kappa shape index (κ3) is 4.62. The molecule has 1 heterocycles. The quantitative estimate of drug-likeness (QED) is 0.767. The Morgan fingerprint density at radius 3 is 2.35 bits per heavy atom. The molecule has 0 unspecified atom stereocenters. The zero-order valence-electron chi connectivity index (χ0n) is 14.8. The van der Waals surface area contributed by atoms with Crippen LogP contribution in [0.1, 0.15) is 47.4 Å². The van der Waals surface area contributed by atoms with Gasteiger partial charge in [-0.3, -0.25) is 9.48 Å². The molecule has 1 saturated carbocycles. The van der Waals surface area contributed by atoms with Crippen molar-refractivity contribution in [3.8, 4) is 0 Å². The Morgan fingerprint density at radius 2 is 1.73 bits per heavy atom. The highest BCUT2D eigenvalue weighted by Gasteiger charge is 2.25. The van der Waals surface area contributed by atoms with Crippen LogP contribution in [0.15, 0.2) is 36.4 Å². The van der Waals surface area contributed by atoms with E-state index in [1.54, 1.807) is 10.7 Å². The minimum absolute atomic E-state index is 0.0218. The van der Waals surface area contributed by atoms with E-state index in [4.69, 9.17) is 5.11 Å². The predicted molar refractivity (Wildman–Crippen MR) is 97.2 cm³/mol. The summed E-state index contributed by atoms with van der Waals surface area (Å²) in [7, 11) is 0. The molecule has 0 spiro atoms. The van der Waals surface area contributed by atoms with E-state index < -0.39 is 6.09 Å². The Bertz CT molecular complexity index is 764. The summed E-state index contributed by atoms with van der Waals surface area (Å²) in [5, 5.41) is 18.8. The van der Waals surface area contributed by atoms with Gasteiger partial charge in [0.2, 0.25) is 0 Å². The highest BCUT2D eigenvalue weighted by atomic mass is 16.4. The summed E-state index contributed by atoms with van der Waals surface area (Å²) in [4.78, 5) is 23.4. The van der Waals surface area contributed by atoms with Crippen LogP contribution in [0, 0.1) is 6.92 Å². The van der Waals surface area contributed by atoms with E-state index in [1.165, 1.54) is 0 Å². The lowest BCUT2D eigenvalue weighted by Crippen LogP contribution is -2.43. The third-order valence-electron chi connectivity index (χ3n) is 4.70. The number of amides is 2. The molecule has 1 aromatic heterocycles. The standard InChI is InChI=1S/C19H24N4O3/c1-13-11-17(23(22-13)12-14-5-3-2-4-6-14)18(24)20-15-7-9-16(10-8-15)21-19(25)26/h2-6,11,15-16,21H,7-10,12H2,1H3,(H,20,24)(H,25,26). The fourth-order valence-electron chi connectivity index (χ4n) is 3.42. The average molecular weight is 356 g/mol. The lowest BCUT2D eigenvalue weighted by Gasteiger charge is -2.28. The molecule has 1 aliphatic carbocycles. The zero-order valence-corrected chi connectivity index (χ0v) is 14.8. The van der Waals surface area contributed by atoms with E-state index in [-0.39, 0.29) is 18.0 Å². The van der Waals surface area contributed by atoms with Crippen molar-refractivity contribution in [2.24, 2.45) is 0 Å². The van der Waals surface area contributed by atoms with Crippen LogP contribution in [-0.4, -0.2) is 39.0 Å². The monoisotopic (exact) mass is 356 g/mol. The maximum Gasteiger partial charge on any atom is 0.404 e. The molecule has 138 valence electrons. The molecule has 0 aliphatic heterocycles. The van der Waals surface area contributed by atoms with E-state index in [2.05, 4.69) is 15.7 Å². The highest BCUT2D eigenvalue weighted by Crippen LogP contribution is 2.19. The Labute approximate surface area is 152 Å². The van der Waals surface area contributed by atoms with E-state index in [9.17, 15) is 9.59 Å². The fraction of sp³-hybridized carbons (Fsp3) is 0.421. The lowest BCUT2D eigenvalue weighted by molar-refractivity contribution is 0.0912. The smallest absolute Gasteiger partial charge is 0.404 e. The molecule has 0 bridgehead atoms. The number of aryl methyl sites for hydroxylation is 1. The number of hydrogen-bond donors (Lipinski definition) is 3. The SMILES string of the molecule is Cc1cc(C(=O)NC2CCC(NC(=O)O)CC2)n(Cc2ccccc2)n1. The van der Waals surface area contributed by atoms with Gasteiger partial charge in [-0.1, -0.05) is 30.3 Å². The molecule has 2 amide bonds. The van der Waals surface area contributed by atoms with Crippen LogP contribution in [-0.2, 0) is 6.54 Å². The van der Waals surface area contributed by atoms with E-state index in [1.807, 2.05) is 37.3 Å². The van der Waals surface area contributed by atoms with Crippen molar-refractivity contribution in [1.29, 1.82) is 0 Å². The van der Waals surface area contributed by atoms with Gasteiger partial charge in [-0.15, -0.1) is 0 Å². The number of hydrogen-bond acceptors (Lipinski definition) is 3. The Balaban J connectivity index is 1.61. The van der Waals surface area contributed by atoms with Gasteiger partial charge < -0.3 is 15.7 Å². The number of nitrogens with zero attached hydrogens (tertiary/aromatic N) is 2. The summed E-state index contributed by atoms with van der Waals surface area (Å²) >= 11 is 0. The van der Waals surface area contributed by atoms with E-state index >= 15 is 0 Å². The normalized spacial score (nSPS) is 19.7. The first kappa shape index (κ1) is 18.0. The second kappa shape index (κ2) is 8.03. The molecule has 0 saturated heterocycles. The lowest BCUT2D eigenvalue weighted by atomic mass is 9.91. The van der Waals surface area contributed by atoms with Crippen molar-refractivity contribution in [2.45, 2.75) is 51.2 Å². The molecular formula is C19H24N4O3. The molecule has 26 heavy (non-hydrogen) atoms. The first-order valence-electron chi connectivity index (χ1n) is 8.90.